The maximum absolute atomic E-state index is 5.41. The van der Waals surface area contributed by atoms with E-state index in [0.717, 1.165) is 21.6 Å². The van der Waals surface area contributed by atoms with Crippen LogP contribution in [0, 0.1) is 0 Å². The summed E-state index contributed by atoms with van der Waals surface area (Å²) >= 11 is 3.49. The SMILES string of the molecule is COc1ccc(-c2c(Br)ncn2C)cc1C(C)C. The number of hydrogen-bond acceptors (Lipinski definition) is 2. The van der Waals surface area contributed by atoms with Crippen LogP contribution in [-0.4, -0.2) is 16.7 Å². The molecule has 18 heavy (non-hydrogen) atoms. The van der Waals surface area contributed by atoms with Gasteiger partial charge in [0, 0.05) is 12.6 Å². The lowest BCUT2D eigenvalue weighted by molar-refractivity contribution is 0.407. The molecule has 0 bridgehead atoms. The van der Waals surface area contributed by atoms with Gasteiger partial charge in [-0.3, -0.25) is 0 Å². The lowest BCUT2D eigenvalue weighted by atomic mass is 9.98. The van der Waals surface area contributed by atoms with Crippen molar-refractivity contribution >= 4 is 15.9 Å². The Bertz CT molecular complexity index is 541. The van der Waals surface area contributed by atoms with E-state index >= 15 is 0 Å². The van der Waals surface area contributed by atoms with Gasteiger partial charge in [0.25, 0.3) is 0 Å². The number of nitrogens with zero attached hydrogens (tertiary/aromatic N) is 2. The Morgan fingerprint density at radius 2 is 2.06 bits per heavy atom. The van der Waals surface area contributed by atoms with Crippen molar-refractivity contribution in [1.29, 1.82) is 0 Å². The molecule has 0 amide bonds. The first-order chi connectivity index (χ1) is 8.54. The Morgan fingerprint density at radius 1 is 1.33 bits per heavy atom. The minimum Gasteiger partial charge on any atom is -0.496 e. The molecular formula is C14H17BrN2O. The van der Waals surface area contributed by atoms with E-state index in [0.29, 0.717) is 5.92 Å². The second-order valence-corrected chi connectivity index (χ2v) is 5.36. The standard InChI is InChI=1S/C14H17BrN2O/c1-9(2)11-7-10(5-6-12(11)18-4)13-14(15)16-8-17(13)3/h5-9H,1-4H3. The van der Waals surface area contributed by atoms with E-state index in [2.05, 4.69) is 46.9 Å². The summed E-state index contributed by atoms with van der Waals surface area (Å²) < 4.78 is 8.28. The molecule has 0 saturated heterocycles. The van der Waals surface area contributed by atoms with Crippen molar-refractivity contribution in [2.45, 2.75) is 19.8 Å². The van der Waals surface area contributed by atoms with Gasteiger partial charge >= 0.3 is 0 Å². The summed E-state index contributed by atoms with van der Waals surface area (Å²) in [6.07, 6.45) is 1.80. The first-order valence-corrected chi connectivity index (χ1v) is 6.69. The molecule has 96 valence electrons. The average molecular weight is 309 g/mol. The van der Waals surface area contributed by atoms with Crippen LogP contribution < -0.4 is 4.74 Å². The molecule has 4 heteroatoms. The quantitative estimate of drug-likeness (QED) is 0.857. The van der Waals surface area contributed by atoms with E-state index in [1.807, 2.05) is 17.7 Å². The van der Waals surface area contributed by atoms with Crippen molar-refractivity contribution < 1.29 is 4.74 Å². The van der Waals surface area contributed by atoms with Crippen LogP contribution in [-0.2, 0) is 7.05 Å². The lowest BCUT2D eigenvalue weighted by Gasteiger charge is -2.14. The number of methoxy groups -OCH3 is 1. The van der Waals surface area contributed by atoms with Crippen LogP contribution in [0.2, 0.25) is 0 Å². The average Bonchev–Trinajstić information content (AvgIpc) is 2.68. The van der Waals surface area contributed by atoms with Crippen LogP contribution in [0.1, 0.15) is 25.3 Å². The molecule has 0 spiro atoms. The first kappa shape index (κ1) is 13.1. The minimum absolute atomic E-state index is 0.423. The molecule has 2 aromatic rings. The third-order valence-electron chi connectivity index (χ3n) is 3.02. The maximum atomic E-state index is 5.41. The van der Waals surface area contributed by atoms with Crippen molar-refractivity contribution in [1.82, 2.24) is 9.55 Å². The summed E-state index contributed by atoms with van der Waals surface area (Å²) in [7, 11) is 3.70. The van der Waals surface area contributed by atoms with E-state index in [9.17, 15) is 0 Å². The van der Waals surface area contributed by atoms with Gasteiger partial charge in [0.05, 0.1) is 19.1 Å². The fourth-order valence-corrected chi connectivity index (χ4v) is 2.66. The topological polar surface area (TPSA) is 27.1 Å². The number of ether oxygens (including phenoxy) is 1. The molecule has 1 aromatic heterocycles. The van der Waals surface area contributed by atoms with Crippen molar-refractivity contribution in [2.75, 3.05) is 7.11 Å². The number of aromatic nitrogens is 2. The van der Waals surface area contributed by atoms with Crippen LogP contribution in [0.4, 0.5) is 0 Å². The van der Waals surface area contributed by atoms with Crippen LogP contribution in [0.5, 0.6) is 5.75 Å². The summed E-state index contributed by atoms with van der Waals surface area (Å²) in [5.74, 6) is 1.36. The molecular weight excluding hydrogens is 292 g/mol. The second kappa shape index (κ2) is 5.14. The van der Waals surface area contributed by atoms with Crippen LogP contribution in [0.25, 0.3) is 11.3 Å². The third-order valence-corrected chi connectivity index (χ3v) is 3.60. The number of benzene rings is 1. The number of imidazole rings is 1. The highest BCUT2D eigenvalue weighted by Gasteiger charge is 2.13. The van der Waals surface area contributed by atoms with E-state index in [1.54, 1.807) is 13.4 Å². The molecule has 0 saturated carbocycles. The molecule has 0 aliphatic rings. The van der Waals surface area contributed by atoms with E-state index in [4.69, 9.17) is 4.74 Å². The van der Waals surface area contributed by atoms with E-state index in [-0.39, 0.29) is 0 Å². The molecule has 0 radical (unpaired) electrons. The van der Waals surface area contributed by atoms with Gasteiger partial charge in [-0.15, -0.1) is 0 Å². The maximum Gasteiger partial charge on any atom is 0.132 e. The van der Waals surface area contributed by atoms with Gasteiger partial charge in [-0.05, 0) is 45.6 Å². The third kappa shape index (κ3) is 2.29. The van der Waals surface area contributed by atoms with Crippen molar-refractivity contribution in [2.24, 2.45) is 7.05 Å². The Morgan fingerprint density at radius 3 is 2.56 bits per heavy atom. The lowest BCUT2D eigenvalue weighted by Crippen LogP contribution is -1.97. The van der Waals surface area contributed by atoms with Gasteiger partial charge in [-0.2, -0.15) is 0 Å². The molecule has 0 aliphatic heterocycles. The molecule has 0 aliphatic carbocycles. The Balaban J connectivity index is 2.57. The van der Waals surface area contributed by atoms with Gasteiger partial charge < -0.3 is 9.30 Å². The van der Waals surface area contributed by atoms with Crippen molar-refractivity contribution in [3.63, 3.8) is 0 Å². The minimum atomic E-state index is 0.423. The number of halogens is 1. The molecule has 2 rings (SSSR count). The molecule has 1 aromatic carbocycles. The highest BCUT2D eigenvalue weighted by molar-refractivity contribution is 9.10. The normalized spacial score (nSPS) is 11.0. The van der Waals surface area contributed by atoms with Gasteiger partial charge in [0.15, 0.2) is 0 Å². The molecule has 1 heterocycles. The van der Waals surface area contributed by atoms with E-state index in [1.165, 1.54) is 5.56 Å². The highest BCUT2D eigenvalue weighted by Crippen LogP contribution is 2.33. The summed E-state index contributed by atoms with van der Waals surface area (Å²) in [5.41, 5.74) is 3.44. The van der Waals surface area contributed by atoms with Gasteiger partial charge in [-0.25, -0.2) is 4.98 Å². The van der Waals surface area contributed by atoms with Crippen LogP contribution in [0.3, 0.4) is 0 Å². The summed E-state index contributed by atoms with van der Waals surface area (Å²) in [5, 5.41) is 0. The molecule has 0 N–H and O–H groups in total. The first-order valence-electron chi connectivity index (χ1n) is 5.89. The largest absolute Gasteiger partial charge is 0.496 e. The van der Waals surface area contributed by atoms with Crippen LogP contribution in [0.15, 0.2) is 29.1 Å². The number of aryl methyl sites for hydroxylation is 1. The van der Waals surface area contributed by atoms with Crippen molar-refractivity contribution in [3.8, 4) is 17.0 Å². The monoisotopic (exact) mass is 308 g/mol. The molecule has 3 nitrogen and oxygen atoms in total. The Kier molecular flexibility index (Phi) is 3.76. The predicted octanol–water partition coefficient (Wildman–Crippen LogP) is 3.98. The molecule has 0 unspecified atom stereocenters. The van der Waals surface area contributed by atoms with E-state index < -0.39 is 0 Å². The summed E-state index contributed by atoms with van der Waals surface area (Å²) in [4.78, 5) is 4.26. The number of hydrogen-bond donors (Lipinski definition) is 0. The van der Waals surface area contributed by atoms with Crippen LogP contribution >= 0.6 is 15.9 Å². The predicted molar refractivity (Wildman–Crippen MR) is 77.0 cm³/mol. The zero-order valence-corrected chi connectivity index (χ0v) is 12.7. The fraction of sp³-hybridized carbons (Fsp3) is 0.357. The number of rotatable bonds is 3. The zero-order valence-electron chi connectivity index (χ0n) is 11.1. The van der Waals surface area contributed by atoms with Gasteiger partial charge in [-0.1, -0.05) is 13.8 Å². The highest BCUT2D eigenvalue weighted by atomic mass is 79.9. The fourth-order valence-electron chi connectivity index (χ4n) is 2.06. The van der Waals surface area contributed by atoms with Gasteiger partial charge in [0.2, 0.25) is 0 Å². The van der Waals surface area contributed by atoms with Gasteiger partial charge in [0.1, 0.15) is 10.4 Å². The zero-order chi connectivity index (χ0) is 13.3. The molecule has 0 fully saturated rings. The second-order valence-electron chi connectivity index (χ2n) is 4.61. The van der Waals surface area contributed by atoms with Crippen molar-refractivity contribution in [3.05, 3.63) is 34.7 Å². The Hall–Kier alpha value is -1.29. The Labute approximate surface area is 116 Å². The summed E-state index contributed by atoms with van der Waals surface area (Å²) in [6.45, 7) is 4.33. The summed E-state index contributed by atoms with van der Waals surface area (Å²) in [6, 6.07) is 6.25. The molecule has 0 atom stereocenters. The smallest absolute Gasteiger partial charge is 0.132 e.